The van der Waals surface area contributed by atoms with Crippen LogP contribution in [0.1, 0.15) is 11.5 Å². The van der Waals surface area contributed by atoms with Crippen LogP contribution >= 0.6 is 0 Å². The third-order valence-corrected chi connectivity index (χ3v) is 5.51. The van der Waals surface area contributed by atoms with Gasteiger partial charge >= 0.3 is 0 Å². The van der Waals surface area contributed by atoms with Gasteiger partial charge in [-0.2, -0.15) is 4.98 Å². The quantitative estimate of drug-likeness (QED) is 0.564. The van der Waals surface area contributed by atoms with Crippen molar-refractivity contribution in [3.63, 3.8) is 0 Å². The Balaban J connectivity index is 1.20. The SMILES string of the molecule is Cc1nc(-c2ccc(N3CCN(C(=O)Cc4c[nH]c5ccccc45)CC3)nc2)no1. The molecule has 1 fully saturated rings. The molecule has 30 heavy (non-hydrogen) atoms. The molecule has 1 N–H and O–H groups in total. The number of rotatable bonds is 4. The first-order valence-electron chi connectivity index (χ1n) is 10.0. The summed E-state index contributed by atoms with van der Waals surface area (Å²) in [6, 6.07) is 12.0. The Morgan fingerprint density at radius 2 is 1.97 bits per heavy atom. The average molecular weight is 402 g/mol. The predicted molar refractivity (Wildman–Crippen MR) is 113 cm³/mol. The first-order valence-corrected chi connectivity index (χ1v) is 10.0. The number of hydrogen-bond donors (Lipinski definition) is 1. The number of carbonyl (C=O) groups is 1. The molecule has 1 aliphatic rings. The minimum absolute atomic E-state index is 0.162. The van der Waals surface area contributed by atoms with Gasteiger partial charge in [0.25, 0.3) is 0 Å². The van der Waals surface area contributed by atoms with Crippen molar-refractivity contribution in [3.8, 4) is 11.4 Å². The fraction of sp³-hybridized carbons (Fsp3) is 0.273. The minimum atomic E-state index is 0.162. The van der Waals surface area contributed by atoms with Gasteiger partial charge in [-0.15, -0.1) is 0 Å². The zero-order valence-electron chi connectivity index (χ0n) is 16.7. The molecule has 0 spiro atoms. The summed E-state index contributed by atoms with van der Waals surface area (Å²) in [5, 5.41) is 5.04. The number of benzene rings is 1. The molecule has 3 aromatic heterocycles. The molecule has 152 valence electrons. The van der Waals surface area contributed by atoms with E-state index in [0.717, 1.165) is 40.9 Å². The monoisotopic (exact) mass is 402 g/mol. The van der Waals surface area contributed by atoms with Crippen LogP contribution < -0.4 is 4.90 Å². The molecule has 1 aliphatic heterocycles. The van der Waals surface area contributed by atoms with E-state index >= 15 is 0 Å². The van der Waals surface area contributed by atoms with Gasteiger partial charge in [0, 0.05) is 62.0 Å². The lowest BCUT2D eigenvalue weighted by Crippen LogP contribution is -2.49. The lowest BCUT2D eigenvalue weighted by molar-refractivity contribution is -0.130. The van der Waals surface area contributed by atoms with Gasteiger partial charge in [-0.25, -0.2) is 4.98 Å². The maximum atomic E-state index is 12.8. The minimum Gasteiger partial charge on any atom is -0.361 e. The number of anilines is 1. The lowest BCUT2D eigenvalue weighted by atomic mass is 10.1. The third kappa shape index (κ3) is 3.52. The van der Waals surface area contributed by atoms with Crippen molar-refractivity contribution < 1.29 is 9.32 Å². The molecule has 8 nitrogen and oxygen atoms in total. The number of aromatic amines is 1. The standard InChI is InChI=1S/C22H22N6O2/c1-15-25-22(26-30-15)16-6-7-20(24-13-16)27-8-10-28(11-9-27)21(29)12-17-14-23-19-5-3-2-4-18(17)19/h2-7,13-14,23H,8-12H2,1H3. The Morgan fingerprint density at radius 3 is 2.70 bits per heavy atom. The number of nitrogens with one attached hydrogen (secondary N) is 1. The van der Waals surface area contributed by atoms with Crippen LogP contribution in [0.2, 0.25) is 0 Å². The maximum absolute atomic E-state index is 12.8. The molecule has 0 radical (unpaired) electrons. The molecule has 5 rings (SSSR count). The number of aromatic nitrogens is 4. The predicted octanol–water partition coefficient (Wildman–Crippen LogP) is 2.81. The Morgan fingerprint density at radius 1 is 1.13 bits per heavy atom. The van der Waals surface area contributed by atoms with E-state index in [1.807, 2.05) is 41.4 Å². The molecule has 0 unspecified atom stereocenters. The van der Waals surface area contributed by atoms with Gasteiger partial charge in [0.15, 0.2) is 0 Å². The Kier molecular flexibility index (Phi) is 4.66. The largest absolute Gasteiger partial charge is 0.361 e. The number of fused-ring (bicyclic) bond motifs is 1. The van der Waals surface area contributed by atoms with Gasteiger partial charge in [-0.1, -0.05) is 23.4 Å². The number of amides is 1. The van der Waals surface area contributed by atoms with Crippen molar-refractivity contribution in [2.24, 2.45) is 0 Å². The highest BCUT2D eigenvalue weighted by atomic mass is 16.5. The van der Waals surface area contributed by atoms with E-state index in [1.54, 1.807) is 13.1 Å². The Bertz CT molecular complexity index is 1170. The zero-order chi connectivity index (χ0) is 20.5. The molecule has 1 saturated heterocycles. The van der Waals surface area contributed by atoms with E-state index in [4.69, 9.17) is 4.52 Å². The normalized spacial score (nSPS) is 14.4. The molecular formula is C22H22N6O2. The van der Waals surface area contributed by atoms with E-state index in [9.17, 15) is 4.79 Å². The van der Waals surface area contributed by atoms with Crippen LogP contribution in [0.25, 0.3) is 22.3 Å². The van der Waals surface area contributed by atoms with Gasteiger partial charge in [0.05, 0.1) is 6.42 Å². The maximum Gasteiger partial charge on any atom is 0.227 e. The van der Waals surface area contributed by atoms with Crippen LogP contribution in [-0.2, 0) is 11.2 Å². The van der Waals surface area contributed by atoms with Gasteiger partial charge < -0.3 is 19.3 Å². The number of pyridine rings is 1. The van der Waals surface area contributed by atoms with Crippen molar-refractivity contribution in [3.05, 3.63) is 60.2 Å². The summed E-state index contributed by atoms with van der Waals surface area (Å²) in [5.74, 6) is 2.12. The zero-order valence-corrected chi connectivity index (χ0v) is 16.7. The van der Waals surface area contributed by atoms with Crippen LogP contribution in [0.4, 0.5) is 5.82 Å². The molecule has 0 atom stereocenters. The first kappa shape index (κ1) is 18.4. The summed E-state index contributed by atoms with van der Waals surface area (Å²) in [5.41, 5.74) is 2.94. The Labute approximate surface area is 173 Å². The van der Waals surface area contributed by atoms with Crippen LogP contribution in [0.15, 0.2) is 53.3 Å². The summed E-state index contributed by atoms with van der Waals surface area (Å²) in [4.78, 5) is 29.0. The summed E-state index contributed by atoms with van der Waals surface area (Å²) in [6.07, 6.45) is 4.12. The number of H-pyrrole nitrogens is 1. The van der Waals surface area contributed by atoms with Crippen molar-refractivity contribution in [1.29, 1.82) is 0 Å². The van der Waals surface area contributed by atoms with E-state index in [2.05, 4.69) is 31.1 Å². The molecular weight excluding hydrogens is 380 g/mol. The fourth-order valence-electron chi connectivity index (χ4n) is 3.86. The van der Waals surface area contributed by atoms with Gasteiger partial charge in [-0.3, -0.25) is 4.79 Å². The molecule has 0 aliphatic carbocycles. The van der Waals surface area contributed by atoms with Crippen LogP contribution in [0, 0.1) is 6.92 Å². The molecule has 1 aromatic carbocycles. The highest BCUT2D eigenvalue weighted by molar-refractivity contribution is 5.89. The second kappa shape index (κ2) is 7.62. The summed E-state index contributed by atoms with van der Waals surface area (Å²) < 4.78 is 5.02. The number of para-hydroxylation sites is 1. The summed E-state index contributed by atoms with van der Waals surface area (Å²) in [6.45, 7) is 4.65. The highest BCUT2D eigenvalue weighted by Gasteiger charge is 2.23. The molecule has 4 aromatic rings. The van der Waals surface area contributed by atoms with Gasteiger partial charge in [0.2, 0.25) is 17.6 Å². The van der Waals surface area contributed by atoms with E-state index in [-0.39, 0.29) is 5.91 Å². The lowest BCUT2D eigenvalue weighted by Gasteiger charge is -2.35. The van der Waals surface area contributed by atoms with Gasteiger partial charge in [0.1, 0.15) is 5.82 Å². The smallest absolute Gasteiger partial charge is 0.227 e. The van der Waals surface area contributed by atoms with E-state index in [0.29, 0.717) is 31.2 Å². The number of hydrogen-bond acceptors (Lipinski definition) is 6. The van der Waals surface area contributed by atoms with Crippen LogP contribution in [-0.4, -0.2) is 57.1 Å². The van der Waals surface area contributed by atoms with E-state index in [1.165, 1.54) is 0 Å². The Hall–Kier alpha value is -3.68. The second-order valence-electron chi connectivity index (χ2n) is 7.45. The molecule has 8 heteroatoms. The number of carbonyl (C=O) groups excluding carboxylic acids is 1. The van der Waals surface area contributed by atoms with E-state index < -0.39 is 0 Å². The van der Waals surface area contributed by atoms with Crippen molar-refractivity contribution in [2.75, 3.05) is 31.1 Å². The van der Waals surface area contributed by atoms with Crippen molar-refractivity contribution in [1.82, 2.24) is 25.0 Å². The highest BCUT2D eigenvalue weighted by Crippen LogP contribution is 2.21. The number of piperazine rings is 1. The first-order chi connectivity index (χ1) is 14.7. The third-order valence-electron chi connectivity index (χ3n) is 5.51. The molecule has 0 saturated carbocycles. The number of nitrogens with zero attached hydrogens (tertiary/aromatic N) is 5. The topological polar surface area (TPSA) is 91.2 Å². The summed E-state index contributed by atoms with van der Waals surface area (Å²) >= 11 is 0. The number of aryl methyl sites for hydroxylation is 1. The molecule has 1 amide bonds. The van der Waals surface area contributed by atoms with Crippen molar-refractivity contribution in [2.45, 2.75) is 13.3 Å². The van der Waals surface area contributed by atoms with Gasteiger partial charge in [-0.05, 0) is 23.8 Å². The molecule has 0 bridgehead atoms. The second-order valence-corrected chi connectivity index (χ2v) is 7.45. The van der Waals surface area contributed by atoms with Crippen LogP contribution in [0.5, 0.6) is 0 Å². The molecule has 4 heterocycles. The van der Waals surface area contributed by atoms with Crippen molar-refractivity contribution >= 4 is 22.6 Å². The average Bonchev–Trinajstić information content (AvgIpc) is 3.40. The fourth-order valence-corrected chi connectivity index (χ4v) is 3.86. The van der Waals surface area contributed by atoms with Crippen LogP contribution in [0.3, 0.4) is 0 Å². The summed E-state index contributed by atoms with van der Waals surface area (Å²) in [7, 11) is 0.